The molecule has 0 unspecified atom stereocenters. The summed E-state index contributed by atoms with van der Waals surface area (Å²) in [6.07, 6.45) is 2.41. The van der Waals surface area contributed by atoms with Crippen molar-refractivity contribution in [3.05, 3.63) is 58.2 Å². The molecule has 0 aliphatic carbocycles. The lowest BCUT2D eigenvalue weighted by Crippen LogP contribution is -2.10. The molecule has 9 heteroatoms. The average Bonchev–Trinajstić information content (AvgIpc) is 3.17. The second-order valence-corrected chi connectivity index (χ2v) is 5.78. The van der Waals surface area contributed by atoms with Gasteiger partial charge in [0.2, 0.25) is 6.79 Å². The Hall–Kier alpha value is -3.75. The lowest BCUT2D eigenvalue weighted by molar-refractivity contribution is -0.385. The van der Waals surface area contributed by atoms with Gasteiger partial charge in [-0.15, -0.1) is 0 Å². The molecule has 2 aromatic rings. The monoisotopic (exact) mass is 401 g/mol. The van der Waals surface area contributed by atoms with E-state index in [-0.39, 0.29) is 31.3 Å². The number of benzene rings is 2. The third-order valence-electron chi connectivity index (χ3n) is 3.85. The molecule has 0 atom stereocenters. The van der Waals surface area contributed by atoms with Crippen molar-refractivity contribution in [1.82, 2.24) is 0 Å². The van der Waals surface area contributed by atoms with Gasteiger partial charge in [-0.25, -0.2) is 4.79 Å². The van der Waals surface area contributed by atoms with E-state index in [2.05, 4.69) is 0 Å². The van der Waals surface area contributed by atoms with Crippen molar-refractivity contribution in [3.63, 3.8) is 0 Å². The molecule has 29 heavy (non-hydrogen) atoms. The van der Waals surface area contributed by atoms with Crippen molar-refractivity contribution in [2.45, 2.75) is 6.92 Å². The number of nitro benzene ring substituents is 1. The number of nitro groups is 1. The van der Waals surface area contributed by atoms with Gasteiger partial charge in [-0.05, 0) is 43.3 Å². The summed E-state index contributed by atoms with van der Waals surface area (Å²) < 4.78 is 26.2. The molecule has 1 heterocycles. The van der Waals surface area contributed by atoms with Gasteiger partial charge in [-0.1, -0.05) is 0 Å². The van der Waals surface area contributed by atoms with Gasteiger partial charge in [0, 0.05) is 6.08 Å². The van der Waals surface area contributed by atoms with Gasteiger partial charge >= 0.3 is 5.97 Å². The van der Waals surface area contributed by atoms with Gasteiger partial charge in [-0.2, -0.15) is 0 Å². The molecule has 0 saturated heterocycles. The highest BCUT2D eigenvalue weighted by Crippen LogP contribution is 2.38. The van der Waals surface area contributed by atoms with Crippen LogP contribution >= 0.6 is 0 Å². The molecule has 3 rings (SSSR count). The van der Waals surface area contributed by atoms with Crippen LogP contribution in [-0.4, -0.2) is 37.5 Å². The van der Waals surface area contributed by atoms with Crippen LogP contribution in [-0.2, 0) is 9.53 Å². The molecule has 0 amide bonds. The van der Waals surface area contributed by atoms with E-state index in [0.717, 1.165) is 11.8 Å². The van der Waals surface area contributed by atoms with Crippen LogP contribution in [0.25, 0.3) is 6.08 Å². The van der Waals surface area contributed by atoms with E-state index >= 15 is 0 Å². The van der Waals surface area contributed by atoms with E-state index in [4.69, 9.17) is 23.7 Å². The normalized spacial score (nSPS) is 12.0. The predicted octanol–water partition coefficient (Wildman–Crippen LogP) is 3.36. The molecule has 9 nitrogen and oxygen atoms in total. The minimum Gasteiger partial charge on any atom is -0.494 e. The van der Waals surface area contributed by atoms with Crippen LogP contribution in [0.3, 0.4) is 0 Å². The highest BCUT2D eigenvalue weighted by Gasteiger charge is 2.22. The summed E-state index contributed by atoms with van der Waals surface area (Å²) in [4.78, 5) is 22.5. The molecule has 0 fully saturated rings. The summed E-state index contributed by atoms with van der Waals surface area (Å²) in [6, 6.07) is 9.78. The number of ether oxygens (including phenoxy) is 5. The zero-order chi connectivity index (χ0) is 20.6. The first-order valence-electron chi connectivity index (χ1n) is 8.85. The van der Waals surface area contributed by atoms with Gasteiger partial charge in [-0.3, -0.25) is 10.1 Å². The Morgan fingerprint density at radius 3 is 2.41 bits per heavy atom. The van der Waals surface area contributed by atoms with Crippen molar-refractivity contribution in [3.8, 4) is 23.0 Å². The summed E-state index contributed by atoms with van der Waals surface area (Å²) in [7, 11) is 0. The number of esters is 1. The average molecular weight is 401 g/mol. The van der Waals surface area contributed by atoms with Crippen LogP contribution in [0.2, 0.25) is 0 Å². The summed E-state index contributed by atoms with van der Waals surface area (Å²) in [5.74, 6) is 1.40. The third-order valence-corrected chi connectivity index (χ3v) is 3.85. The van der Waals surface area contributed by atoms with Gasteiger partial charge in [0.25, 0.3) is 5.69 Å². The number of hydrogen-bond acceptors (Lipinski definition) is 8. The van der Waals surface area contributed by atoms with Crippen molar-refractivity contribution in [2.24, 2.45) is 0 Å². The second kappa shape index (κ2) is 9.45. The van der Waals surface area contributed by atoms with Crippen LogP contribution in [0, 0.1) is 10.1 Å². The zero-order valence-corrected chi connectivity index (χ0v) is 15.7. The Labute approximate surface area is 166 Å². The maximum absolute atomic E-state index is 11.9. The molecule has 1 aliphatic rings. The molecule has 0 saturated carbocycles. The zero-order valence-electron chi connectivity index (χ0n) is 15.7. The summed E-state index contributed by atoms with van der Waals surface area (Å²) in [6.45, 7) is 2.67. The fraction of sp³-hybridized carbons (Fsp3) is 0.250. The maximum Gasteiger partial charge on any atom is 0.330 e. The Kier molecular flexibility index (Phi) is 6.51. The van der Waals surface area contributed by atoms with Crippen LogP contribution < -0.4 is 18.9 Å². The van der Waals surface area contributed by atoms with Crippen molar-refractivity contribution < 1.29 is 33.4 Å². The summed E-state index contributed by atoms with van der Waals surface area (Å²) >= 11 is 0. The van der Waals surface area contributed by atoms with E-state index in [1.807, 2.05) is 6.92 Å². The van der Waals surface area contributed by atoms with E-state index in [0.29, 0.717) is 23.9 Å². The molecule has 0 radical (unpaired) electrons. The quantitative estimate of drug-likeness (QED) is 0.207. The highest BCUT2D eigenvalue weighted by atomic mass is 16.7. The maximum atomic E-state index is 11.9. The second-order valence-electron chi connectivity index (χ2n) is 5.78. The van der Waals surface area contributed by atoms with E-state index in [1.54, 1.807) is 24.3 Å². The number of fused-ring (bicyclic) bond motifs is 1. The number of hydrogen-bond donors (Lipinski definition) is 0. The van der Waals surface area contributed by atoms with Crippen molar-refractivity contribution in [2.75, 3.05) is 26.6 Å². The Morgan fingerprint density at radius 2 is 1.76 bits per heavy atom. The number of nitrogens with zero attached hydrogens (tertiary/aromatic N) is 1. The van der Waals surface area contributed by atoms with Crippen molar-refractivity contribution in [1.29, 1.82) is 0 Å². The fourth-order valence-corrected chi connectivity index (χ4v) is 2.55. The van der Waals surface area contributed by atoms with Crippen LogP contribution in [0.1, 0.15) is 12.5 Å². The van der Waals surface area contributed by atoms with E-state index in [1.165, 1.54) is 18.2 Å². The van der Waals surface area contributed by atoms with E-state index in [9.17, 15) is 14.9 Å². The molecule has 2 aromatic carbocycles. The lowest BCUT2D eigenvalue weighted by Gasteiger charge is -2.07. The largest absolute Gasteiger partial charge is 0.494 e. The Balaban J connectivity index is 1.49. The van der Waals surface area contributed by atoms with Gasteiger partial charge in [0.1, 0.15) is 24.7 Å². The molecule has 0 bridgehead atoms. The molecular formula is C20H19NO8. The first-order valence-corrected chi connectivity index (χ1v) is 8.85. The minimum atomic E-state index is -0.646. The molecule has 152 valence electrons. The fourth-order valence-electron chi connectivity index (χ4n) is 2.55. The molecule has 0 N–H and O–H groups in total. The topological polar surface area (TPSA) is 106 Å². The van der Waals surface area contributed by atoms with Gasteiger partial charge < -0.3 is 23.7 Å². The van der Waals surface area contributed by atoms with Crippen LogP contribution in [0.15, 0.2) is 42.5 Å². The lowest BCUT2D eigenvalue weighted by atomic mass is 10.1. The van der Waals surface area contributed by atoms with E-state index < -0.39 is 10.9 Å². The molecule has 1 aliphatic heterocycles. The number of carbonyl (C=O) groups excluding carboxylic acids is 1. The first kappa shape index (κ1) is 20.0. The first-order chi connectivity index (χ1) is 14.1. The smallest absolute Gasteiger partial charge is 0.330 e. The minimum absolute atomic E-state index is 0.00392. The Bertz CT molecular complexity index is 907. The highest BCUT2D eigenvalue weighted by molar-refractivity contribution is 5.88. The van der Waals surface area contributed by atoms with Crippen molar-refractivity contribution >= 4 is 17.7 Å². The Morgan fingerprint density at radius 1 is 1.10 bits per heavy atom. The summed E-state index contributed by atoms with van der Waals surface area (Å²) in [5.41, 5.74) is 0.0129. The number of rotatable bonds is 9. The van der Waals surface area contributed by atoms with Gasteiger partial charge in [0.05, 0.1) is 23.2 Å². The summed E-state index contributed by atoms with van der Waals surface area (Å²) in [5, 5.41) is 11.2. The molecule has 0 spiro atoms. The predicted molar refractivity (Wildman–Crippen MR) is 102 cm³/mol. The molecule has 0 aromatic heterocycles. The van der Waals surface area contributed by atoms with Gasteiger partial charge in [0.15, 0.2) is 11.5 Å². The molecular weight excluding hydrogens is 382 g/mol. The third kappa shape index (κ3) is 5.38. The SMILES string of the molecule is CCOc1ccc(OCCOC(=O)/C=C/c2cc3c(cc2[N+](=O)[O-])OCO3)cc1. The van der Waals surface area contributed by atoms with Crippen LogP contribution in [0.4, 0.5) is 5.69 Å². The standard InChI is InChI=1S/C20H19NO8/c1-2-25-15-4-6-16(7-5-15)26-9-10-27-20(22)8-3-14-11-18-19(29-13-28-18)12-17(14)21(23)24/h3-8,11-12H,2,9-10,13H2,1H3/b8-3+. The number of carbonyl (C=O) groups is 1. The van der Waals surface area contributed by atoms with Crippen LogP contribution in [0.5, 0.6) is 23.0 Å².